The molecule has 198 valence electrons. The Morgan fingerprint density at radius 1 is 0.744 bits per heavy atom. The van der Waals surface area contributed by atoms with Gasteiger partial charge in [0, 0.05) is 5.56 Å². The number of hydrazine groups is 1. The van der Waals surface area contributed by atoms with Gasteiger partial charge in [-0.15, -0.1) is 0 Å². The van der Waals surface area contributed by atoms with Gasteiger partial charge in [-0.05, 0) is 67.1 Å². The molecule has 4 rings (SSSR count). The minimum Gasteiger partial charge on any atom is -0.497 e. The summed E-state index contributed by atoms with van der Waals surface area (Å²) >= 11 is 0. The van der Waals surface area contributed by atoms with Crippen molar-refractivity contribution in [2.75, 3.05) is 17.4 Å². The molecule has 0 bridgehead atoms. The van der Waals surface area contributed by atoms with Gasteiger partial charge in [-0.1, -0.05) is 55.5 Å². The van der Waals surface area contributed by atoms with E-state index in [-0.39, 0.29) is 17.4 Å². The van der Waals surface area contributed by atoms with Gasteiger partial charge in [-0.2, -0.15) is 0 Å². The number of anilines is 3. The maximum absolute atomic E-state index is 13.4. The highest BCUT2D eigenvalue weighted by atomic mass is 16.5. The number of hydrogen-bond donors (Lipinski definition) is 3. The minimum absolute atomic E-state index is 0.244. The number of nitrogens with one attached hydrogen (secondary N) is 3. The van der Waals surface area contributed by atoms with Gasteiger partial charge in [-0.3, -0.25) is 24.8 Å². The fourth-order valence-electron chi connectivity index (χ4n) is 3.94. The van der Waals surface area contributed by atoms with Gasteiger partial charge in [0.25, 0.3) is 17.7 Å². The summed E-state index contributed by atoms with van der Waals surface area (Å²) in [5.41, 5.74) is 5.47. The van der Waals surface area contributed by atoms with Crippen LogP contribution in [0.5, 0.6) is 5.75 Å². The van der Waals surface area contributed by atoms with E-state index in [2.05, 4.69) is 16.1 Å². The van der Waals surface area contributed by atoms with Gasteiger partial charge in [0.05, 0.1) is 29.7 Å². The lowest BCUT2D eigenvalue weighted by atomic mass is 10.1. The summed E-state index contributed by atoms with van der Waals surface area (Å²) in [7, 11) is 1.55. The molecule has 3 amide bonds. The van der Waals surface area contributed by atoms with Crippen molar-refractivity contribution in [1.82, 2.24) is 10.7 Å². The number of rotatable bonds is 10. The van der Waals surface area contributed by atoms with Crippen LogP contribution in [0, 0.1) is 0 Å². The van der Waals surface area contributed by atoms with E-state index < -0.39 is 11.9 Å². The molecule has 0 saturated heterocycles. The Kier molecular flexibility index (Phi) is 8.92. The first-order valence-corrected chi connectivity index (χ1v) is 12.6. The third-order valence-electron chi connectivity index (χ3n) is 6.05. The second kappa shape index (κ2) is 12.9. The average molecular weight is 523 g/mol. The van der Waals surface area contributed by atoms with Crippen LogP contribution in [0.15, 0.2) is 109 Å². The van der Waals surface area contributed by atoms with Crippen molar-refractivity contribution in [2.45, 2.75) is 19.4 Å². The van der Waals surface area contributed by atoms with Gasteiger partial charge in [0.15, 0.2) is 0 Å². The summed E-state index contributed by atoms with van der Waals surface area (Å²) in [4.78, 5) is 39.5. The van der Waals surface area contributed by atoms with Gasteiger partial charge in [0.2, 0.25) is 0 Å². The van der Waals surface area contributed by atoms with Gasteiger partial charge in [0.1, 0.15) is 11.8 Å². The van der Waals surface area contributed by atoms with Crippen molar-refractivity contribution in [1.29, 1.82) is 0 Å². The summed E-state index contributed by atoms with van der Waals surface area (Å²) < 4.78 is 5.14. The molecule has 1 unspecified atom stereocenters. The molecule has 0 aliphatic rings. The molecule has 4 aromatic rings. The van der Waals surface area contributed by atoms with E-state index in [1.807, 2.05) is 67.6 Å². The van der Waals surface area contributed by atoms with Crippen molar-refractivity contribution in [3.8, 4) is 5.75 Å². The highest BCUT2D eigenvalue weighted by Crippen LogP contribution is 2.23. The molecule has 0 aliphatic carbocycles. The molecule has 0 fully saturated rings. The van der Waals surface area contributed by atoms with Crippen LogP contribution < -0.4 is 25.8 Å². The van der Waals surface area contributed by atoms with Crippen molar-refractivity contribution in [2.24, 2.45) is 0 Å². The summed E-state index contributed by atoms with van der Waals surface area (Å²) in [6, 6.07) is 31.4. The molecule has 0 aromatic heterocycles. The van der Waals surface area contributed by atoms with E-state index in [4.69, 9.17) is 4.74 Å². The fourth-order valence-corrected chi connectivity index (χ4v) is 3.94. The maximum Gasteiger partial charge on any atom is 0.261 e. The van der Waals surface area contributed by atoms with E-state index in [1.165, 1.54) is 0 Å². The van der Waals surface area contributed by atoms with Crippen LogP contribution in [0.2, 0.25) is 0 Å². The van der Waals surface area contributed by atoms with Crippen LogP contribution in [0.1, 0.15) is 34.1 Å². The van der Waals surface area contributed by atoms with Crippen molar-refractivity contribution < 1.29 is 19.1 Å². The first-order valence-electron chi connectivity index (χ1n) is 12.6. The zero-order valence-electron chi connectivity index (χ0n) is 21.8. The number of methoxy groups -OCH3 is 1. The van der Waals surface area contributed by atoms with Crippen LogP contribution >= 0.6 is 0 Å². The monoisotopic (exact) mass is 522 g/mol. The Hall–Kier alpha value is -5.11. The Morgan fingerprint density at radius 2 is 1.31 bits per heavy atom. The molecule has 0 aliphatic heterocycles. The zero-order chi connectivity index (χ0) is 27.6. The normalized spacial score (nSPS) is 11.1. The molecule has 8 heteroatoms. The average Bonchev–Trinajstić information content (AvgIpc) is 2.99. The lowest BCUT2D eigenvalue weighted by Crippen LogP contribution is -2.51. The van der Waals surface area contributed by atoms with Crippen LogP contribution in [0.3, 0.4) is 0 Å². The molecule has 0 radical (unpaired) electrons. The SMILES string of the molecule is CCC(NC(=O)c1ccccc1NC(=O)c1ccc(OC)cc1)C(=O)NN(c1ccccc1)c1ccccc1. The summed E-state index contributed by atoms with van der Waals surface area (Å²) in [6.45, 7) is 1.82. The highest BCUT2D eigenvalue weighted by molar-refractivity contribution is 6.09. The number of hydrogen-bond acceptors (Lipinski definition) is 5. The van der Waals surface area contributed by atoms with Gasteiger partial charge in [-0.25, -0.2) is 0 Å². The third kappa shape index (κ3) is 6.81. The number of ether oxygens (including phenoxy) is 1. The lowest BCUT2D eigenvalue weighted by Gasteiger charge is -2.28. The van der Waals surface area contributed by atoms with Gasteiger partial charge < -0.3 is 15.4 Å². The van der Waals surface area contributed by atoms with E-state index in [0.717, 1.165) is 11.4 Å². The van der Waals surface area contributed by atoms with Crippen LogP contribution in [0.25, 0.3) is 0 Å². The molecular weight excluding hydrogens is 492 g/mol. The highest BCUT2D eigenvalue weighted by Gasteiger charge is 2.24. The lowest BCUT2D eigenvalue weighted by molar-refractivity contribution is -0.123. The molecule has 0 saturated carbocycles. The molecule has 4 aromatic carbocycles. The second-order valence-electron chi connectivity index (χ2n) is 8.65. The Balaban J connectivity index is 1.49. The maximum atomic E-state index is 13.4. The predicted molar refractivity (Wildman–Crippen MR) is 152 cm³/mol. The number of nitrogens with zero attached hydrogens (tertiary/aromatic N) is 1. The van der Waals surface area contributed by atoms with Crippen molar-refractivity contribution >= 4 is 34.8 Å². The quantitative estimate of drug-likeness (QED) is 0.245. The molecule has 0 heterocycles. The molecule has 3 N–H and O–H groups in total. The summed E-state index contributed by atoms with van der Waals surface area (Å²) in [6.07, 6.45) is 0.357. The topological polar surface area (TPSA) is 99.8 Å². The first-order chi connectivity index (χ1) is 19.0. The predicted octanol–water partition coefficient (Wildman–Crippen LogP) is 5.33. The molecule has 1 atom stereocenters. The second-order valence-corrected chi connectivity index (χ2v) is 8.65. The van der Waals surface area contributed by atoms with Crippen LogP contribution in [-0.4, -0.2) is 30.9 Å². The number of carbonyl (C=O) groups excluding carboxylic acids is 3. The van der Waals surface area contributed by atoms with E-state index in [1.54, 1.807) is 60.6 Å². The summed E-state index contributed by atoms with van der Waals surface area (Å²) in [5.74, 6) is -0.593. The van der Waals surface area contributed by atoms with E-state index in [9.17, 15) is 14.4 Å². The molecule has 8 nitrogen and oxygen atoms in total. The molecular formula is C31H30N4O4. The molecule has 0 spiro atoms. The number of amides is 3. The standard InChI is InChI=1S/C31H30N4O4/c1-3-27(31(38)34-35(23-12-6-4-7-13-23)24-14-8-5-9-15-24)32-30(37)26-16-10-11-17-28(26)33-29(36)22-18-20-25(39-2)21-19-22/h4-21,27H,3H2,1-2H3,(H,32,37)(H,33,36)(H,34,38). The third-order valence-corrected chi connectivity index (χ3v) is 6.05. The summed E-state index contributed by atoms with van der Waals surface area (Å²) in [5, 5.41) is 7.29. The number of benzene rings is 4. The Labute approximate surface area is 227 Å². The Morgan fingerprint density at radius 3 is 1.87 bits per heavy atom. The van der Waals surface area contributed by atoms with Crippen LogP contribution in [-0.2, 0) is 4.79 Å². The smallest absolute Gasteiger partial charge is 0.261 e. The van der Waals surface area contributed by atoms with Crippen LogP contribution in [0.4, 0.5) is 17.1 Å². The van der Waals surface area contributed by atoms with E-state index >= 15 is 0 Å². The first kappa shape index (κ1) is 26.9. The largest absolute Gasteiger partial charge is 0.497 e. The number of carbonyl (C=O) groups is 3. The fraction of sp³-hybridized carbons (Fsp3) is 0.129. The molecule has 39 heavy (non-hydrogen) atoms. The van der Waals surface area contributed by atoms with Crippen molar-refractivity contribution in [3.05, 3.63) is 120 Å². The zero-order valence-corrected chi connectivity index (χ0v) is 21.8. The minimum atomic E-state index is -0.822. The Bertz CT molecular complexity index is 1370. The van der Waals surface area contributed by atoms with E-state index in [0.29, 0.717) is 23.4 Å². The van der Waals surface area contributed by atoms with Gasteiger partial charge >= 0.3 is 0 Å². The van der Waals surface area contributed by atoms with Crippen molar-refractivity contribution in [3.63, 3.8) is 0 Å². The number of para-hydroxylation sites is 3.